The van der Waals surface area contributed by atoms with Crippen molar-refractivity contribution in [2.75, 3.05) is 6.61 Å². The molecule has 1 amide bonds. The molecule has 0 bridgehead atoms. The first-order chi connectivity index (χ1) is 9.52. The highest BCUT2D eigenvalue weighted by molar-refractivity contribution is 5.83. The molecule has 1 aromatic rings. The summed E-state index contributed by atoms with van der Waals surface area (Å²) in [7, 11) is 0. The van der Waals surface area contributed by atoms with Crippen LogP contribution in [0.15, 0.2) is 24.3 Å². The molecule has 0 radical (unpaired) electrons. The van der Waals surface area contributed by atoms with Crippen LogP contribution in [-0.4, -0.2) is 29.6 Å². The summed E-state index contributed by atoms with van der Waals surface area (Å²) in [5.41, 5.74) is 0. The van der Waals surface area contributed by atoms with E-state index >= 15 is 0 Å². The molecule has 0 saturated carbocycles. The van der Waals surface area contributed by atoms with Crippen molar-refractivity contribution in [3.8, 4) is 5.75 Å². The van der Waals surface area contributed by atoms with Gasteiger partial charge >= 0.3 is 5.97 Å². The minimum atomic E-state index is -1.05. The van der Waals surface area contributed by atoms with Crippen molar-refractivity contribution < 1.29 is 23.8 Å². The fraction of sp³-hybridized carbons (Fsp3) is 0.429. The predicted molar refractivity (Wildman–Crippen MR) is 71.0 cm³/mol. The van der Waals surface area contributed by atoms with Crippen LogP contribution in [0.25, 0.3) is 0 Å². The van der Waals surface area contributed by atoms with Gasteiger partial charge in [0, 0.05) is 6.07 Å². The molecule has 0 spiro atoms. The summed E-state index contributed by atoms with van der Waals surface area (Å²) < 4.78 is 18.1. The van der Waals surface area contributed by atoms with Crippen LogP contribution in [0.2, 0.25) is 0 Å². The van der Waals surface area contributed by atoms with E-state index in [4.69, 9.17) is 9.84 Å². The average Bonchev–Trinajstić information content (AvgIpc) is 2.38. The fourth-order valence-electron chi connectivity index (χ4n) is 1.63. The molecule has 0 heterocycles. The maximum Gasteiger partial charge on any atom is 0.326 e. The number of nitrogens with one attached hydrogen (secondary N) is 1. The van der Waals surface area contributed by atoms with Gasteiger partial charge in [-0.2, -0.15) is 0 Å². The van der Waals surface area contributed by atoms with Gasteiger partial charge in [-0.3, -0.25) is 4.79 Å². The molecule has 1 atom stereocenters. The van der Waals surface area contributed by atoms with Crippen LogP contribution in [0.4, 0.5) is 4.39 Å². The first-order valence-corrected chi connectivity index (χ1v) is 6.43. The lowest BCUT2D eigenvalue weighted by Crippen LogP contribution is -2.41. The van der Waals surface area contributed by atoms with E-state index in [0.717, 1.165) is 0 Å². The Bertz CT molecular complexity index is 464. The first-order valence-electron chi connectivity index (χ1n) is 6.43. The standard InChI is InChI=1S/C14H18FNO4/c1-2-4-12(14(18)19)16-13(17)7-8-20-11-6-3-5-10(15)9-11/h3,5-6,9,12H,2,4,7-8H2,1H3,(H,16,17)(H,18,19)/t12-/m1/s1. The Hall–Kier alpha value is -2.11. The minimum Gasteiger partial charge on any atom is -0.493 e. The van der Waals surface area contributed by atoms with Gasteiger partial charge in [0.2, 0.25) is 5.91 Å². The van der Waals surface area contributed by atoms with E-state index in [1.165, 1.54) is 18.2 Å². The summed E-state index contributed by atoms with van der Waals surface area (Å²) in [6, 6.07) is 4.73. The number of benzene rings is 1. The maximum absolute atomic E-state index is 12.9. The van der Waals surface area contributed by atoms with Gasteiger partial charge < -0.3 is 15.2 Å². The van der Waals surface area contributed by atoms with Crippen LogP contribution in [-0.2, 0) is 9.59 Å². The maximum atomic E-state index is 12.9. The molecule has 0 unspecified atom stereocenters. The van der Waals surface area contributed by atoms with Gasteiger partial charge in [0.25, 0.3) is 0 Å². The lowest BCUT2D eigenvalue weighted by atomic mass is 10.1. The lowest BCUT2D eigenvalue weighted by Gasteiger charge is -2.13. The molecule has 0 aliphatic rings. The summed E-state index contributed by atoms with van der Waals surface area (Å²) >= 11 is 0. The second-order valence-electron chi connectivity index (χ2n) is 4.30. The van der Waals surface area contributed by atoms with Crippen molar-refractivity contribution in [2.24, 2.45) is 0 Å². The minimum absolute atomic E-state index is 0.0179. The van der Waals surface area contributed by atoms with Gasteiger partial charge in [-0.15, -0.1) is 0 Å². The number of carboxylic acids is 1. The number of ether oxygens (including phenoxy) is 1. The molecule has 1 aromatic carbocycles. The number of amides is 1. The number of aliphatic carboxylic acids is 1. The van der Waals surface area contributed by atoms with E-state index in [9.17, 15) is 14.0 Å². The summed E-state index contributed by atoms with van der Waals surface area (Å²) in [4.78, 5) is 22.4. The van der Waals surface area contributed by atoms with E-state index in [-0.39, 0.29) is 13.0 Å². The smallest absolute Gasteiger partial charge is 0.326 e. The van der Waals surface area contributed by atoms with Crippen molar-refractivity contribution >= 4 is 11.9 Å². The number of rotatable bonds is 8. The molecule has 0 aromatic heterocycles. The zero-order valence-corrected chi connectivity index (χ0v) is 11.3. The quantitative estimate of drug-likeness (QED) is 0.764. The van der Waals surface area contributed by atoms with Gasteiger partial charge in [0.15, 0.2) is 0 Å². The van der Waals surface area contributed by atoms with Crippen LogP contribution in [0.1, 0.15) is 26.2 Å². The second kappa shape index (κ2) is 8.14. The number of halogens is 1. The highest BCUT2D eigenvalue weighted by atomic mass is 19.1. The van der Waals surface area contributed by atoms with E-state index in [0.29, 0.717) is 18.6 Å². The highest BCUT2D eigenvalue weighted by Gasteiger charge is 2.18. The van der Waals surface area contributed by atoms with Crippen LogP contribution >= 0.6 is 0 Å². The van der Waals surface area contributed by atoms with Crippen LogP contribution in [0.3, 0.4) is 0 Å². The number of carbonyl (C=O) groups excluding carboxylic acids is 1. The Kier molecular flexibility index (Phi) is 6.49. The largest absolute Gasteiger partial charge is 0.493 e. The Morgan fingerprint density at radius 1 is 1.45 bits per heavy atom. The number of carboxylic acid groups (broad SMARTS) is 1. The molecular weight excluding hydrogens is 265 g/mol. The molecule has 0 aliphatic carbocycles. The first kappa shape index (κ1) is 15.9. The SMILES string of the molecule is CCC[C@@H](NC(=O)CCOc1cccc(F)c1)C(=O)O. The van der Waals surface area contributed by atoms with Crippen molar-refractivity contribution in [1.82, 2.24) is 5.32 Å². The number of hydrogen-bond acceptors (Lipinski definition) is 3. The average molecular weight is 283 g/mol. The fourth-order valence-corrected chi connectivity index (χ4v) is 1.63. The molecule has 1 rings (SSSR count). The summed E-state index contributed by atoms with van der Waals surface area (Å²) in [5, 5.41) is 11.3. The number of carbonyl (C=O) groups is 2. The zero-order chi connectivity index (χ0) is 15.0. The monoisotopic (exact) mass is 283 g/mol. The number of hydrogen-bond donors (Lipinski definition) is 2. The van der Waals surface area contributed by atoms with Gasteiger partial charge in [-0.1, -0.05) is 19.4 Å². The summed E-state index contributed by atoms with van der Waals surface area (Å²) in [5.74, 6) is -1.53. The Morgan fingerprint density at radius 3 is 2.80 bits per heavy atom. The van der Waals surface area contributed by atoms with Gasteiger partial charge in [-0.25, -0.2) is 9.18 Å². The van der Waals surface area contributed by atoms with Gasteiger partial charge in [-0.05, 0) is 18.6 Å². The molecule has 110 valence electrons. The normalized spacial score (nSPS) is 11.7. The Morgan fingerprint density at radius 2 is 2.20 bits per heavy atom. The summed E-state index contributed by atoms with van der Waals surface area (Å²) in [6.45, 7) is 1.91. The van der Waals surface area contributed by atoms with Crippen LogP contribution < -0.4 is 10.1 Å². The van der Waals surface area contributed by atoms with E-state index in [2.05, 4.69) is 5.32 Å². The van der Waals surface area contributed by atoms with Crippen LogP contribution in [0, 0.1) is 5.82 Å². The van der Waals surface area contributed by atoms with E-state index in [1.54, 1.807) is 6.07 Å². The molecule has 20 heavy (non-hydrogen) atoms. The zero-order valence-electron chi connectivity index (χ0n) is 11.3. The lowest BCUT2D eigenvalue weighted by molar-refractivity contribution is -0.142. The third kappa shape index (κ3) is 5.69. The van der Waals surface area contributed by atoms with Crippen molar-refractivity contribution in [1.29, 1.82) is 0 Å². The Labute approximate surface area is 116 Å². The van der Waals surface area contributed by atoms with Gasteiger partial charge in [0.1, 0.15) is 17.6 Å². The molecule has 0 aliphatic heterocycles. The van der Waals surface area contributed by atoms with Crippen molar-refractivity contribution in [2.45, 2.75) is 32.2 Å². The predicted octanol–water partition coefficient (Wildman–Crippen LogP) is 1.96. The molecule has 6 heteroatoms. The molecule has 5 nitrogen and oxygen atoms in total. The van der Waals surface area contributed by atoms with Crippen molar-refractivity contribution in [3.63, 3.8) is 0 Å². The van der Waals surface area contributed by atoms with Crippen LogP contribution in [0.5, 0.6) is 5.75 Å². The molecular formula is C14H18FNO4. The van der Waals surface area contributed by atoms with E-state index in [1.807, 2.05) is 6.92 Å². The topological polar surface area (TPSA) is 75.6 Å². The third-order valence-corrected chi connectivity index (χ3v) is 2.60. The van der Waals surface area contributed by atoms with Gasteiger partial charge in [0.05, 0.1) is 13.0 Å². The second-order valence-corrected chi connectivity index (χ2v) is 4.30. The molecule has 2 N–H and O–H groups in total. The molecule has 0 saturated heterocycles. The highest BCUT2D eigenvalue weighted by Crippen LogP contribution is 2.11. The van der Waals surface area contributed by atoms with Crippen molar-refractivity contribution in [3.05, 3.63) is 30.1 Å². The summed E-state index contributed by atoms with van der Waals surface area (Å²) in [6.07, 6.45) is 1.06. The van der Waals surface area contributed by atoms with E-state index < -0.39 is 23.7 Å². The molecule has 0 fully saturated rings. The third-order valence-electron chi connectivity index (χ3n) is 2.60. The Balaban J connectivity index is 2.34.